The second-order valence-electron chi connectivity index (χ2n) is 3.51. The smallest absolute Gasteiger partial charge is 0.314 e. The minimum atomic E-state index is -0.694. The lowest BCUT2D eigenvalue weighted by atomic mass is 10.3. The highest BCUT2D eigenvalue weighted by atomic mass is 19.1. The number of hydrogen-bond donors (Lipinski definition) is 0. The van der Waals surface area contributed by atoms with E-state index in [0.717, 1.165) is 6.07 Å². The van der Waals surface area contributed by atoms with Crippen LogP contribution in [0.3, 0.4) is 0 Å². The molecule has 0 amide bonds. The van der Waals surface area contributed by atoms with Gasteiger partial charge in [0.15, 0.2) is 5.75 Å². The van der Waals surface area contributed by atoms with E-state index in [4.69, 9.17) is 9.47 Å². The minimum Gasteiger partial charge on any atom is -0.490 e. The number of ether oxygens (including phenoxy) is 2. The lowest BCUT2D eigenvalue weighted by Crippen LogP contribution is -1.94. The first-order valence-corrected chi connectivity index (χ1v) is 5.22. The molecule has 7 heteroatoms. The van der Waals surface area contributed by atoms with Crippen molar-refractivity contribution in [3.8, 4) is 17.2 Å². The topological polar surface area (TPSA) is 74.5 Å². The Balaban J connectivity index is 2.31. The Kier molecular flexibility index (Phi) is 3.56. The molecule has 0 unspecified atom stereocenters. The van der Waals surface area contributed by atoms with E-state index in [0.29, 0.717) is 0 Å². The molecule has 1 heterocycles. The molecule has 0 aliphatic carbocycles. The van der Waals surface area contributed by atoms with Crippen LogP contribution in [0.5, 0.6) is 17.2 Å². The van der Waals surface area contributed by atoms with Crippen molar-refractivity contribution in [3.05, 3.63) is 52.6 Å². The first-order valence-electron chi connectivity index (χ1n) is 5.22. The fourth-order valence-corrected chi connectivity index (χ4v) is 1.46. The molecule has 6 nitrogen and oxygen atoms in total. The highest BCUT2D eigenvalue weighted by Gasteiger charge is 2.16. The third kappa shape index (κ3) is 2.95. The Morgan fingerprint density at radius 2 is 2.00 bits per heavy atom. The number of aromatic nitrogens is 1. The maximum Gasteiger partial charge on any atom is 0.314 e. The third-order valence-electron chi connectivity index (χ3n) is 2.28. The van der Waals surface area contributed by atoms with Gasteiger partial charge in [-0.2, -0.15) is 4.39 Å². The summed E-state index contributed by atoms with van der Waals surface area (Å²) in [5.41, 5.74) is -0.227. The van der Waals surface area contributed by atoms with Gasteiger partial charge in [-0.25, -0.2) is 4.98 Å². The normalized spacial score (nSPS) is 10.0. The van der Waals surface area contributed by atoms with Crippen LogP contribution in [-0.2, 0) is 0 Å². The van der Waals surface area contributed by atoms with Gasteiger partial charge in [-0.3, -0.25) is 10.1 Å². The zero-order chi connectivity index (χ0) is 13.8. The van der Waals surface area contributed by atoms with Crippen molar-refractivity contribution in [3.63, 3.8) is 0 Å². The molecule has 0 saturated heterocycles. The van der Waals surface area contributed by atoms with Gasteiger partial charge >= 0.3 is 5.69 Å². The second-order valence-corrected chi connectivity index (χ2v) is 3.51. The highest BCUT2D eigenvalue weighted by molar-refractivity contribution is 5.51. The second kappa shape index (κ2) is 5.30. The summed E-state index contributed by atoms with van der Waals surface area (Å²) in [6, 6.07) is 6.63. The molecule has 0 N–H and O–H groups in total. The van der Waals surface area contributed by atoms with Gasteiger partial charge in [0.05, 0.1) is 18.1 Å². The monoisotopic (exact) mass is 264 g/mol. The molecule has 1 aromatic heterocycles. The number of methoxy groups -OCH3 is 1. The third-order valence-corrected chi connectivity index (χ3v) is 2.28. The zero-order valence-corrected chi connectivity index (χ0v) is 9.87. The maximum absolute atomic E-state index is 12.9. The summed E-state index contributed by atoms with van der Waals surface area (Å²) < 4.78 is 23.1. The lowest BCUT2D eigenvalue weighted by molar-refractivity contribution is -0.385. The van der Waals surface area contributed by atoms with Gasteiger partial charge in [-0.1, -0.05) is 0 Å². The Hall–Kier alpha value is -2.70. The molecule has 0 bridgehead atoms. The number of pyridine rings is 1. The summed E-state index contributed by atoms with van der Waals surface area (Å²) in [6.07, 6.45) is 1.24. The largest absolute Gasteiger partial charge is 0.490 e. The summed E-state index contributed by atoms with van der Waals surface area (Å²) in [6.45, 7) is 0. The Labute approximate surface area is 107 Å². The number of rotatable bonds is 4. The molecule has 0 fully saturated rings. The van der Waals surface area contributed by atoms with E-state index in [1.54, 1.807) is 0 Å². The SMILES string of the molecule is COc1ccc(Oc2ccnc(F)c2)cc1[N+](=O)[O-]. The van der Waals surface area contributed by atoms with Gasteiger partial charge in [0.1, 0.15) is 11.5 Å². The van der Waals surface area contributed by atoms with Gasteiger partial charge in [-0.05, 0) is 18.2 Å². The van der Waals surface area contributed by atoms with E-state index in [1.165, 1.54) is 37.6 Å². The molecule has 19 heavy (non-hydrogen) atoms. The zero-order valence-electron chi connectivity index (χ0n) is 9.87. The summed E-state index contributed by atoms with van der Waals surface area (Å²) >= 11 is 0. The van der Waals surface area contributed by atoms with Crippen LogP contribution in [0.1, 0.15) is 0 Å². The van der Waals surface area contributed by atoms with Gasteiger partial charge in [0.2, 0.25) is 5.95 Å². The Morgan fingerprint density at radius 3 is 2.63 bits per heavy atom. The van der Waals surface area contributed by atoms with Crippen molar-refractivity contribution in [1.29, 1.82) is 0 Å². The number of nitrogens with zero attached hydrogens (tertiary/aromatic N) is 2. The quantitative estimate of drug-likeness (QED) is 0.482. The van der Waals surface area contributed by atoms with Crippen molar-refractivity contribution < 1.29 is 18.8 Å². The van der Waals surface area contributed by atoms with E-state index in [2.05, 4.69) is 4.98 Å². The van der Waals surface area contributed by atoms with Crippen LogP contribution in [0.4, 0.5) is 10.1 Å². The standard InChI is InChI=1S/C12H9FN2O4/c1-18-11-3-2-8(6-10(11)15(16)17)19-9-4-5-14-12(13)7-9/h2-7H,1H3. The number of halogens is 1. The maximum atomic E-state index is 12.9. The molecule has 2 aromatic rings. The van der Waals surface area contributed by atoms with Crippen molar-refractivity contribution in [2.24, 2.45) is 0 Å². The molecule has 0 atom stereocenters. The molecule has 0 aliphatic rings. The summed E-state index contributed by atoms with van der Waals surface area (Å²) in [4.78, 5) is 13.6. The summed E-state index contributed by atoms with van der Waals surface area (Å²) in [5, 5.41) is 10.8. The molecule has 0 aliphatic heterocycles. The number of hydrogen-bond acceptors (Lipinski definition) is 5. The van der Waals surface area contributed by atoms with E-state index in [9.17, 15) is 14.5 Å². The van der Waals surface area contributed by atoms with Gasteiger partial charge in [0, 0.05) is 12.3 Å². The van der Waals surface area contributed by atoms with E-state index >= 15 is 0 Å². The number of benzene rings is 1. The Bertz CT molecular complexity index is 618. The van der Waals surface area contributed by atoms with Crippen LogP contribution in [0, 0.1) is 16.1 Å². The van der Waals surface area contributed by atoms with Crippen LogP contribution in [-0.4, -0.2) is 17.0 Å². The fourth-order valence-electron chi connectivity index (χ4n) is 1.46. The molecule has 0 spiro atoms. The van der Waals surface area contributed by atoms with Gasteiger partial charge < -0.3 is 9.47 Å². The van der Waals surface area contributed by atoms with E-state index < -0.39 is 10.9 Å². The summed E-state index contributed by atoms with van der Waals surface area (Å²) in [7, 11) is 1.33. The van der Waals surface area contributed by atoms with Crippen molar-refractivity contribution in [1.82, 2.24) is 4.98 Å². The minimum absolute atomic E-state index is 0.123. The van der Waals surface area contributed by atoms with Crippen molar-refractivity contribution >= 4 is 5.69 Å². The van der Waals surface area contributed by atoms with E-state index in [1.807, 2.05) is 0 Å². The van der Waals surface area contributed by atoms with Crippen LogP contribution in [0.15, 0.2) is 36.5 Å². The van der Waals surface area contributed by atoms with Crippen molar-refractivity contribution in [2.75, 3.05) is 7.11 Å². The van der Waals surface area contributed by atoms with E-state index in [-0.39, 0.29) is 22.9 Å². The first-order chi connectivity index (χ1) is 9.10. The highest BCUT2D eigenvalue weighted by Crippen LogP contribution is 2.32. The predicted octanol–water partition coefficient (Wildman–Crippen LogP) is 2.93. The van der Waals surface area contributed by atoms with Crippen LogP contribution in [0.2, 0.25) is 0 Å². The lowest BCUT2D eigenvalue weighted by Gasteiger charge is -2.07. The fraction of sp³-hybridized carbons (Fsp3) is 0.0833. The van der Waals surface area contributed by atoms with Crippen LogP contribution in [0.25, 0.3) is 0 Å². The number of nitro groups is 1. The first kappa shape index (κ1) is 12.7. The van der Waals surface area contributed by atoms with Gasteiger partial charge in [0.25, 0.3) is 0 Å². The Morgan fingerprint density at radius 1 is 1.26 bits per heavy atom. The number of nitro benzene ring substituents is 1. The average molecular weight is 264 g/mol. The molecule has 2 rings (SSSR count). The van der Waals surface area contributed by atoms with Crippen LogP contribution < -0.4 is 9.47 Å². The summed E-state index contributed by atoms with van der Waals surface area (Å²) in [5.74, 6) is -0.163. The molecule has 0 saturated carbocycles. The molecule has 98 valence electrons. The molecular formula is C12H9FN2O4. The molecular weight excluding hydrogens is 255 g/mol. The van der Waals surface area contributed by atoms with Gasteiger partial charge in [-0.15, -0.1) is 0 Å². The molecule has 0 radical (unpaired) electrons. The van der Waals surface area contributed by atoms with Crippen molar-refractivity contribution in [2.45, 2.75) is 0 Å². The molecule has 1 aromatic carbocycles. The average Bonchev–Trinajstić information content (AvgIpc) is 2.38. The van der Waals surface area contributed by atoms with Crippen LogP contribution >= 0.6 is 0 Å². The predicted molar refractivity (Wildman–Crippen MR) is 63.9 cm³/mol.